The SMILES string of the molecule is CCCOC(=O)c1ccc(NS(=O)(=O)C[C@@H](C)OC)cc1. The van der Waals surface area contributed by atoms with E-state index in [0.717, 1.165) is 6.42 Å². The molecule has 0 aliphatic rings. The van der Waals surface area contributed by atoms with Crippen molar-refractivity contribution in [3.05, 3.63) is 29.8 Å². The van der Waals surface area contributed by atoms with Gasteiger partial charge in [0.2, 0.25) is 10.0 Å². The molecule has 0 heterocycles. The molecule has 1 aromatic rings. The van der Waals surface area contributed by atoms with Crippen molar-refractivity contribution in [3.8, 4) is 0 Å². The van der Waals surface area contributed by atoms with E-state index in [1.165, 1.54) is 31.4 Å². The molecule has 6 nitrogen and oxygen atoms in total. The van der Waals surface area contributed by atoms with Crippen LogP contribution >= 0.6 is 0 Å². The summed E-state index contributed by atoms with van der Waals surface area (Å²) in [4.78, 5) is 11.6. The Bertz CT molecular complexity index is 553. The first-order valence-corrected chi connectivity index (χ1v) is 8.33. The molecule has 118 valence electrons. The summed E-state index contributed by atoms with van der Waals surface area (Å²) in [5.74, 6) is -0.552. The van der Waals surface area contributed by atoms with Crippen LogP contribution in [-0.4, -0.2) is 40.0 Å². The van der Waals surface area contributed by atoms with E-state index in [9.17, 15) is 13.2 Å². The van der Waals surface area contributed by atoms with Gasteiger partial charge in [-0.15, -0.1) is 0 Å². The van der Waals surface area contributed by atoms with E-state index in [1.54, 1.807) is 6.92 Å². The molecule has 1 atom stereocenters. The second-order valence-corrected chi connectivity index (χ2v) is 6.41. The van der Waals surface area contributed by atoms with Crippen molar-refractivity contribution in [2.75, 3.05) is 24.2 Å². The molecular weight excluding hydrogens is 294 g/mol. The maximum absolute atomic E-state index is 11.8. The van der Waals surface area contributed by atoms with Gasteiger partial charge in [-0.05, 0) is 37.6 Å². The number of hydrogen-bond donors (Lipinski definition) is 1. The summed E-state index contributed by atoms with van der Waals surface area (Å²) in [6.07, 6.45) is 0.354. The number of methoxy groups -OCH3 is 1. The first-order chi connectivity index (χ1) is 9.88. The monoisotopic (exact) mass is 315 g/mol. The summed E-state index contributed by atoms with van der Waals surface area (Å²) in [6, 6.07) is 6.10. The minimum absolute atomic E-state index is 0.135. The summed E-state index contributed by atoms with van der Waals surface area (Å²) in [7, 11) is -2.03. The topological polar surface area (TPSA) is 81.7 Å². The molecule has 0 aliphatic heterocycles. The summed E-state index contributed by atoms with van der Waals surface area (Å²) in [5.41, 5.74) is 0.780. The van der Waals surface area contributed by atoms with Crippen molar-refractivity contribution in [3.63, 3.8) is 0 Å². The number of ether oxygens (including phenoxy) is 2. The third kappa shape index (κ3) is 6.14. The summed E-state index contributed by atoms with van der Waals surface area (Å²) >= 11 is 0. The molecule has 0 radical (unpaired) electrons. The Morgan fingerprint density at radius 3 is 2.43 bits per heavy atom. The third-order valence-electron chi connectivity index (χ3n) is 2.69. The normalized spacial score (nSPS) is 12.7. The van der Waals surface area contributed by atoms with Crippen LogP contribution in [0.5, 0.6) is 0 Å². The van der Waals surface area contributed by atoms with Crippen molar-refractivity contribution in [1.82, 2.24) is 0 Å². The number of nitrogens with one attached hydrogen (secondary N) is 1. The molecule has 1 aromatic carbocycles. The van der Waals surface area contributed by atoms with Crippen molar-refractivity contribution < 1.29 is 22.7 Å². The van der Waals surface area contributed by atoms with Crippen molar-refractivity contribution in [1.29, 1.82) is 0 Å². The number of esters is 1. The number of anilines is 1. The molecular formula is C14H21NO5S. The molecule has 0 unspecified atom stereocenters. The van der Waals surface area contributed by atoms with E-state index in [1.807, 2.05) is 6.92 Å². The van der Waals surface area contributed by atoms with E-state index in [2.05, 4.69) is 4.72 Å². The Balaban J connectivity index is 2.68. The highest BCUT2D eigenvalue weighted by molar-refractivity contribution is 7.92. The van der Waals surface area contributed by atoms with Crippen LogP contribution in [0, 0.1) is 0 Å². The van der Waals surface area contributed by atoms with Gasteiger partial charge < -0.3 is 9.47 Å². The molecule has 0 bridgehead atoms. The van der Waals surface area contributed by atoms with Crippen LogP contribution in [0.2, 0.25) is 0 Å². The molecule has 0 aromatic heterocycles. The number of benzene rings is 1. The molecule has 0 amide bonds. The minimum atomic E-state index is -3.48. The van der Waals surface area contributed by atoms with Crippen LogP contribution < -0.4 is 4.72 Å². The van der Waals surface area contributed by atoms with E-state index in [0.29, 0.717) is 17.9 Å². The van der Waals surface area contributed by atoms with Crippen molar-refractivity contribution >= 4 is 21.7 Å². The van der Waals surface area contributed by atoms with E-state index in [-0.39, 0.29) is 5.75 Å². The highest BCUT2D eigenvalue weighted by Crippen LogP contribution is 2.13. The number of sulfonamides is 1. The Morgan fingerprint density at radius 1 is 1.29 bits per heavy atom. The average Bonchev–Trinajstić information content (AvgIpc) is 2.44. The van der Waals surface area contributed by atoms with Gasteiger partial charge in [-0.1, -0.05) is 6.92 Å². The van der Waals surface area contributed by atoms with Crippen LogP contribution in [0.4, 0.5) is 5.69 Å². The minimum Gasteiger partial charge on any atom is -0.462 e. The molecule has 1 N–H and O–H groups in total. The summed E-state index contributed by atoms with van der Waals surface area (Å²) in [5, 5.41) is 0. The first-order valence-electron chi connectivity index (χ1n) is 6.68. The molecule has 1 rings (SSSR count). The van der Waals surface area contributed by atoms with Gasteiger partial charge in [-0.25, -0.2) is 13.2 Å². The molecule has 0 saturated heterocycles. The zero-order chi connectivity index (χ0) is 15.9. The van der Waals surface area contributed by atoms with Gasteiger partial charge in [-0.2, -0.15) is 0 Å². The van der Waals surface area contributed by atoms with Gasteiger partial charge in [0.05, 0.1) is 24.0 Å². The highest BCUT2D eigenvalue weighted by atomic mass is 32.2. The van der Waals surface area contributed by atoms with Crippen LogP contribution in [0.15, 0.2) is 24.3 Å². The van der Waals surface area contributed by atoms with E-state index in [4.69, 9.17) is 9.47 Å². The predicted molar refractivity (Wildman–Crippen MR) is 80.9 cm³/mol. The average molecular weight is 315 g/mol. The van der Waals surface area contributed by atoms with Gasteiger partial charge in [0.25, 0.3) is 0 Å². The quantitative estimate of drug-likeness (QED) is 0.742. The highest BCUT2D eigenvalue weighted by Gasteiger charge is 2.15. The van der Waals surface area contributed by atoms with Crippen LogP contribution in [0.25, 0.3) is 0 Å². The van der Waals surface area contributed by atoms with Gasteiger partial charge in [0.15, 0.2) is 0 Å². The fourth-order valence-corrected chi connectivity index (χ4v) is 2.88. The zero-order valence-electron chi connectivity index (χ0n) is 12.5. The van der Waals surface area contributed by atoms with Gasteiger partial charge in [-0.3, -0.25) is 4.72 Å². The first kappa shape index (κ1) is 17.5. The van der Waals surface area contributed by atoms with Crippen LogP contribution in [0.1, 0.15) is 30.6 Å². The van der Waals surface area contributed by atoms with Crippen LogP contribution in [-0.2, 0) is 19.5 Å². The molecule has 21 heavy (non-hydrogen) atoms. The zero-order valence-corrected chi connectivity index (χ0v) is 13.3. The second-order valence-electron chi connectivity index (χ2n) is 4.64. The van der Waals surface area contributed by atoms with E-state index < -0.39 is 22.1 Å². The number of carbonyl (C=O) groups excluding carboxylic acids is 1. The van der Waals surface area contributed by atoms with Gasteiger partial charge >= 0.3 is 5.97 Å². The maximum Gasteiger partial charge on any atom is 0.338 e. The standard InChI is InChI=1S/C14H21NO5S/c1-4-9-20-14(16)12-5-7-13(8-6-12)15-21(17,18)10-11(2)19-3/h5-8,11,15H,4,9-10H2,1-3H3/t11-/m1/s1. The predicted octanol–water partition coefficient (Wildman–Crippen LogP) is 2.03. The molecule has 7 heteroatoms. The Kier molecular flexibility index (Phi) is 6.64. The molecule has 0 aliphatic carbocycles. The third-order valence-corrected chi connectivity index (χ3v) is 4.14. The van der Waals surface area contributed by atoms with Gasteiger partial charge in [0.1, 0.15) is 0 Å². The largest absolute Gasteiger partial charge is 0.462 e. The Morgan fingerprint density at radius 2 is 1.90 bits per heavy atom. The smallest absolute Gasteiger partial charge is 0.338 e. The van der Waals surface area contributed by atoms with Crippen molar-refractivity contribution in [2.24, 2.45) is 0 Å². The number of carbonyl (C=O) groups is 1. The fourth-order valence-electron chi connectivity index (χ4n) is 1.55. The lowest BCUT2D eigenvalue weighted by Crippen LogP contribution is -2.25. The van der Waals surface area contributed by atoms with Crippen molar-refractivity contribution in [2.45, 2.75) is 26.4 Å². The Hall–Kier alpha value is -1.60. The second kappa shape index (κ2) is 7.99. The summed E-state index contributed by atoms with van der Waals surface area (Å²) in [6.45, 7) is 3.94. The number of rotatable bonds is 8. The summed E-state index contributed by atoms with van der Waals surface area (Å²) < 4.78 is 36.0. The molecule has 0 saturated carbocycles. The lowest BCUT2D eigenvalue weighted by atomic mass is 10.2. The molecule has 0 fully saturated rings. The van der Waals surface area contributed by atoms with Gasteiger partial charge in [0, 0.05) is 12.8 Å². The lowest BCUT2D eigenvalue weighted by molar-refractivity contribution is 0.0505. The fraction of sp³-hybridized carbons (Fsp3) is 0.500. The number of hydrogen-bond acceptors (Lipinski definition) is 5. The molecule has 0 spiro atoms. The van der Waals surface area contributed by atoms with Crippen LogP contribution in [0.3, 0.4) is 0 Å². The van der Waals surface area contributed by atoms with E-state index >= 15 is 0 Å². The maximum atomic E-state index is 11.8. The Labute approximate surface area is 125 Å². The lowest BCUT2D eigenvalue weighted by Gasteiger charge is -2.12.